The number of ether oxygens (including phenoxy) is 2. The first-order chi connectivity index (χ1) is 27.4. The van der Waals surface area contributed by atoms with Crippen molar-refractivity contribution in [1.29, 1.82) is 0 Å². The van der Waals surface area contributed by atoms with Gasteiger partial charge >= 0.3 is 12.1 Å². The molecule has 2 aromatic carbocycles. The second-order valence-electron chi connectivity index (χ2n) is 19.5. The fourth-order valence-electron chi connectivity index (χ4n) is 11.7. The van der Waals surface area contributed by atoms with Gasteiger partial charge in [0.05, 0.1) is 12.2 Å². The van der Waals surface area contributed by atoms with E-state index in [1.807, 2.05) is 30.3 Å². The molecule has 0 spiro atoms. The van der Waals surface area contributed by atoms with E-state index in [0.29, 0.717) is 41.5 Å². The van der Waals surface area contributed by atoms with Crippen LogP contribution in [-0.4, -0.2) is 57.9 Å². The molecule has 5 N–H and O–H groups in total. The Morgan fingerprint density at radius 1 is 0.810 bits per heavy atom. The summed E-state index contributed by atoms with van der Waals surface area (Å²) in [4.78, 5) is 52.4. The molecule has 0 heterocycles. The monoisotopic (exact) mass is 801 g/mol. The maximum Gasteiger partial charge on any atom is 0.412 e. The van der Waals surface area contributed by atoms with Gasteiger partial charge in [-0.25, -0.2) is 9.59 Å². The van der Waals surface area contributed by atoms with Gasteiger partial charge in [-0.3, -0.25) is 14.9 Å². The van der Waals surface area contributed by atoms with E-state index in [0.717, 1.165) is 56.9 Å². The number of fused-ring (bicyclic) bond motifs is 5. The number of aliphatic hydroxyl groups excluding tert-OH is 2. The summed E-state index contributed by atoms with van der Waals surface area (Å²) in [6.45, 7) is 12.5. The summed E-state index contributed by atoms with van der Waals surface area (Å²) in [6, 6.07) is 15.0. The van der Waals surface area contributed by atoms with Crippen molar-refractivity contribution in [3.8, 4) is 0 Å². The molecular formula is C47H67N3O8. The fourth-order valence-corrected chi connectivity index (χ4v) is 11.7. The summed E-state index contributed by atoms with van der Waals surface area (Å²) >= 11 is 0. The zero-order valence-corrected chi connectivity index (χ0v) is 35.4. The Hall–Kier alpha value is -3.96. The van der Waals surface area contributed by atoms with Crippen LogP contribution in [0.5, 0.6) is 0 Å². The maximum atomic E-state index is 13.6. The molecule has 6 rings (SSSR count). The van der Waals surface area contributed by atoms with E-state index in [1.54, 1.807) is 45.0 Å². The van der Waals surface area contributed by atoms with Crippen LogP contribution in [-0.2, 0) is 30.5 Å². The first kappa shape index (κ1) is 43.6. The third-order valence-electron chi connectivity index (χ3n) is 14.5. The van der Waals surface area contributed by atoms with Gasteiger partial charge in [-0.15, -0.1) is 0 Å². The van der Waals surface area contributed by atoms with E-state index in [4.69, 9.17) is 9.47 Å². The van der Waals surface area contributed by atoms with Crippen LogP contribution in [0.15, 0.2) is 54.6 Å². The van der Waals surface area contributed by atoms with Gasteiger partial charge in [0.25, 0.3) is 0 Å². The Kier molecular flexibility index (Phi) is 13.6. The lowest BCUT2D eigenvalue weighted by atomic mass is 9.43. The van der Waals surface area contributed by atoms with Crippen molar-refractivity contribution in [3.05, 3.63) is 60.2 Å². The van der Waals surface area contributed by atoms with Crippen molar-refractivity contribution in [2.75, 3.05) is 10.6 Å². The lowest BCUT2D eigenvalue weighted by Crippen LogP contribution is -2.58. The molecule has 0 saturated heterocycles. The second-order valence-corrected chi connectivity index (χ2v) is 19.5. The normalized spacial score (nSPS) is 31.3. The standard InChI is InChI=1S/C47H67N3O8/c1-29(35-16-17-36-42-37(22-24-47(35,36)6)46(5)23-21-34(51)25-31(46)26-39(42)52)15-19-41(54)50-38(43(55)57-28-30-11-8-7-9-12-30)18-20-40(53)48-32-13-10-14-33(27-32)49-44(56)58-45(2,3)4/h7-14,27,29,31,34-39,42,51-52H,15-26,28H2,1-6H3,(H,48,53)(H,49,56)(H,50,54)/t29-,31+,34-,35-,36+,37+,38+,39-,42+,46+,47-/m1/s1. The Balaban J connectivity index is 1.04. The molecular weight excluding hydrogens is 735 g/mol. The SMILES string of the molecule is C[C@H](CCC(=O)N[C@@H](CCC(=O)Nc1cccc(NC(=O)OC(C)(C)C)c1)C(=O)OCc1ccccc1)[C@H]1CC[C@H]2[C@@H]3[C@H](O)C[C@@H]4C[C@H](O)CC[C@]4(C)[C@H]3CC[C@]12C. The minimum absolute atomic E-state index is 0.0442. The molecule has 3 amide bonds. The summed E-state index contributed by atoms with van der Waals surface area (Å²) in [7, 11) is 0. The summed E-state index contributed by atoms with van der Waals surface area (Å²) in [6.07, 6.45) is 7.65. The van der Waals surface area contributed by atoms with E-state index < -0.39 is 23.7 Å². The number of anilines is 2. The highest BCUT2D eigenvalue weighted by molar-refractivity contribution is 5.93. The Morgan fingerprint density at radius 3 is 2.21 bits per heavy atom. The van der Waals surface area contributed by atoms with Gasteiger partial charge in [0.15, 0.2) is 0 Å². The topological polar surface area (TPSA) is 163 Å². The highest BCUT2D eigenvalue weighted by Crippen LogP contribution is 2.68. The molecule has 0 aliphatic heterocycles. The molecule has 11 nitrogen and oxygen atoms in total. The minimum Gasteiger partial charge on any atom is -0.459 e. The Morgan fingerprint density at radius 2 is 1.48 bits per heavy atom. The highest BCUT2D eigenvalue weighted by Gasteiger charge is 2.62. The molecule has 318 valence electrons. The fraction of sp³-hybridized carbons (Fsp3) is 0.660. The van der Waals surface area contributed by atoms with Crippen molar-refractivity contribution in [2.24, 2.45) is 46.3 Å². The lowest BCUT2D eigenvalue weighted by Gasteiger charge is -2.62. The zero-order valence-electron chi connectivity index (χ0n) is 35.4. The summed E-state index contributed by atoms with van der Waals surface area (Å²) in [5.41, 5.74) is 1.34. The second kappa shape index (κ2) is 18.1. The molecule has 2 aromatic rings. The highest BCUT2D eigenvalue weighted by atomic mass is 16.6. The average molecular weight is 802 g/mol. The van der Waals surface area contributed by atoms with Crippen LogP contribution in [0.4, 0.5) is 16.2 Å². The lowest BCUT2D eigenvalue weighted by molar-refractivity contribution is -0.174. The van der Waals surface area contributed by atoms with Gasteiger partial charge in [-0.05, 0) is 155 Å². The number of nitrogens with one attached hydrogen (secondary N) is 3. The predicted molar refractivity (Wildman–Crippen MR) is 223 cm³/mol. The van der Waals surface area contributed by atoms with Crippen LogP contribution >= 0.6 is 0 Å². The van der Waals surface area contributed by atoms with Crippen LogP contribution in [0, 0.1) is 46.3 Å². The smallest absolute Gasteiger partial charge is 0.412 e. The van der Waals surface area contributed by atoms with Crippen LogP contribution in [0.25, 0.3) is 0 Å². The van der Waals surface area contributed by atoms with Gasteiger partial charge in [-0.2, -0.15) is 0 Å². The summed E-state index contributed by atoms with van der Waals surface area (Å²) in [5, 5.41) is 30.5. The van der Waals surface area contributed by atoms with Crippen molar-refractivity contribution in [3.63, 3.8) is 0 Å². The first-order valence-electron chi connectivity index (χ1n) is 21.7. The van der Waals surface area contributed by atoms with E-state index >= 15 is 0 Å². The number of hydrogen-bond acceptors (Lipinski definition) is 8. The molecule has 0 unspecified atom stereocenters. The molecule has 11 heteroatoms. The largest absolute Gasteiger partial charge is 0.459 e. The van der Waals surface area contributed by atoms with Gasteiger partial charge in [0.1, 0.15) is 18.2 Å². The number of amides is 3. The molecule has 0 aromatic heterocycles. The maximum absolute atomic E-state index is 13.6. The molecule has 4 aliphatic rings. The number of esters is 1. The number of rotatable bonds is 13. The van der Waals surface area contributed by atoms with Crippen molar-refractivity contribution >= 4 is 35.3 Å². The van der Waals surface area contributed by atoms with Crippen LogP contribution in [0.3, 0.4) is 0 Å². The molecule has 4 fully saturated rings. The quantitative estimate of drug-likeness (QED) is 0.126. The molecule has 0 radical (unpaired) electrons. The minimum atomic E-state index is -1.01. The van der Waals surface area contributed by atoms with E-state index in [1.165, 1.54) is 0 Å². The molecule has 11 atom stereocenters. The van der Waals surface area contributed by atoms with Crippen LogP contribution < -0.4 is 16.0 Å². The van der Waals surface area contributed by atoms with Gasteiger partial charge in [0, 0.05) is 24.2 Å². The Labute approximate surface area is 344 Å². The third kappa shape index (κ3) is 10.2. The number of carbonyl (C=O) groups is 4. The third-order valence-corrected chi connectivity index (χ3v) is 14.5. The van der Waals surface area contributed by atoms with E-state index in [-0.39, 0.29) is 72.6 Å². The van der Waals surface area contributed by atoms with Gasteiger partial charge < -0.3 is 30.3 Å². The van der Waals surface area contributed by atoms with Crippen molar-refractivity contribution in [1.82, 2.24) is 5.32 Å². The molecule has 4 aliphatic carbocycles. The molecule has 0 bridgehead atoms. The number of aliphatic hydroxyl groups is 2. The van der Waals surface area contributed by atoms with Crippen LogP contribution in [0.2, 0.25) is 0 Å². The van der Waals surface area contributed by atoms with Crippen molar-refractivity contribution in [2.45, 2.75) is 149 Å². The van der Waals surface area contributed by atoms with Gasteiger partial charge in [0.2, 0.25) is 11.8 Å². The summed E-state index contributed by atoms with van der Waals surface area (Å²) in [5.74, 6) is 1.11. The average Bonchev–Trinajstić information content (AvgIpc) is 3.52. The number of benzene rings is 2. The van der Waals surface area contributed by atoms with Gasteiger partial charge in [-0.1, -0.05) is 57.2 Å². The number of carbonyl (C=O) groups excluding carboxylic acids is 4. The number of hydrogen-bond donors (Lipinski definition) is 5. The first-order valence-corrected chi connectivity index (χ1v) is 21.7. The predicted octanol–water partition coefficient (Wildman–Crippen LogP) is 8.39. The molecule has 58 heavy (non-hydrogen) atoms. The van der Waals surface area contributed by atoms with Crippen molar-refractivity contribution < 1.29 is 38.9 Å². The summed E-state index contributed by atoms with van der Waals surface area (Å²) < 4.78 is 11.0. The molecule has 4 saturated carbocycles. The van der Waals surface area contributed by atoms with E-state index in [2.05, 4.69) is 36.7 Å². The van der Waals surface area contributed by atoms with Crippen LogP contribution in [0.1, 0.15) is 124 Å². The van der Waals surface area contributed by atoms with E-state index in [9.17, 15) is 29.4 Å². The Bertz CT molecular complexity index is 1760. The zero-order chi connectivity index (χ0) is 41.8.